The van der Waals surface area contributed by atoms with Crippen LogP contribution in [0, 0.1) is 17.6 Å². The van der Waals surface area contributed by atoms with Crippen LogP contribution in [0.15, 0.2) is 18.2 Å². The van der Waals surface area contributed by atoms with E-state index in [-0.39, 0.29) is 37.3 Å². The molecule has 1 aromatic rings. The molecule has 1 aliphatic rings. The van der Waals surface area contributed by atoms with Crippen molar-refractivity contribution in [1.29, 1.82) is 0 Å². The van der Waals surface area contributed by atoms with Crippen LogP contribution >= 0.6 is 12.4 Å². The molecule has 0 bridgehead atoms. The summed E-state index contributed by atoms with van der Waals surface area (Å²) in [5.74, 6) is -2.78. The van der Waals surface area contributed by atoms with E-state index in [0.29, 0.717) is 6.54 Å². The molecule has 0 saturated carbocycles. The van der Waals surface area contributed by atoms with Crippen LogP contribution in [0.3, 0.4) is 0 Å². The lowest BCUT2D eigenvalue weighted by Crippen LogP contribution is -2.38. The lowest BCUT2D eigenvalue weighted by molar-refractivity contribution is -0.124. The van der Waals surface area contributed by atoms with Gasteiger partial charge in [0.1, 0.15) is 17.2 Å². The fraction of sp³-hybridized carbons (Fsp3) is 0.429. The Kier molecular flexibility index (Phi) is 7.20. The van der Waals surface area contributed by atoms with Gasteiger partial charge in [0, 0.05) is 19.6 Å². The average Bonchev–Trinajstić information content (AvgIpc) is 2.97. The number of amides is 2. The third-order valence-electron chi connectivity index (χ3n) is 3.33. The van der Waals surface area contributed by atoms with Crippen molar-refractivity contribution in [2.75, 3.05) is 26.2 Å². The molecule has 0 aliphatic carbocycles. The molecule has 0 spiro atoms. The van der Waals surface area contributed by atoms with Crippen molar-refractivity contribution in [2.24, 2.45) is 5.92 Å². The Morgan fingerprint density at radius 1 is 1.18 bits per heavy atom. The molecule has 1 saturated heterocycles. The molecule has 5 nitrogen and oxygen atoms in total. The monoisotopic (exact) mass is 333 g/mol. The van der Waals surface area contributed by atoms with Crippen LogP contribution < -0.4 is 16.0 Å². The number of benzene rings is 1. The molecule has 8 heteroatoms. The van der Waals surface area contributed by atoms with Crippen LogP contribution in [0.4, 0.5) is 8.78 Å². The molecule has 2 amide bonds. The fourth-order valence-corrected chi connectivity index (χ4v) is 2.19. The second kappa shape index (κ2) is 8.65. The Bertz CT molecular complexity index is 517. The van der Waals surface area contributed by atoms with E-state index in [1.54, 1.807) is 0 Å². The van der Waals surface area contributed by atoms with Gasteiger partial charge < -0.3 is 16.0 Å². The molecule has 1 heterocycles. The molecule has 1 aliphatic heterocycles. The van der Waals surface area contributed by atoms with Gasteiger partial charge in [-0.05, 0) is 25.1 Å². The first-order valence-electron chi connectivity index (χ1n) is 6.80. The van der Waals surface area contributed by atoms with Crippen molar-refractivity contribution in [2.45, 2.75) is 6.42 Å². The van der Waals surface area contributed by atoms with Gasteiger partial charge in [-0.25, -0.2) is 8.78 Å². The maximum atomic E-state index is 13.4. The fourth-order valence-electron chi connectivity index (χ4n) is 2.19. The molecule has 0 radical (unpaired) electrons. The molecule has 22 heavy (non-hydrogen) atoms. The van der Waals surface area contributed by atoms with E-state index in [9.17, 15) is 18.4 Å². The second-order valence-electron chi connectivity index (χ2n) is 4.83. The van der Waals surface area contributed by atoms with Crippen LogP contribution in [-0.2, 0) is 4.79 Å². The third-order valence-corrected chi connectivity index (χ3v) is 3.33. The molecule has 2 rings (SSSR count). The highest BCUT2D eigenvalue weighted by atomic mass is 35.5. The van der Waals surface area contributed by atoms with Crippen molar-refractivity contribution in [3.63, 3.8) is 0 Å². The molecule has 1 unspecified atom stereocenters. The third kappa shape index (κ3) is 4.64. The number of halogens is 3. The Labute approximate surface area is 133 Å². The zero-order valence-electron chi connectivity index (χ0n) is 11.8. The lowest BCUT2D eigenvalue weighted by atomic mass is 10.1. The Hall–Kier alpha value is -1.73. The van der Waals surface area contributed by atoms with Crippen molar-refractivity contribution in [3.8, 4) is 0 Å². The Morgan fingerprint density at radius 2 is 1.82 bits per heavy atom. The van der Waals surface area contributed by atoms with Crippen LogP contribution in [0.5, 0.6) is 0 Å². The highest BCUT2D eigenvalue weighted by Crippen LogP contribution is 2.11. The summed E-state index contributed by atoms with van der Waals surface area (Å²) >= 11 is 0. The molecular weight excluding hydrogens is 316 g/mol. The lowest BCUT2D eigenvalue weighted by Gasteiger charge is -2.11. The Morgan fingerprint density at radius 3 is 2.41 bits per heavy atom. The van der Waals surface area contributed by atoms with Crippen molar-refractivity contribution in [3.05, 3.63) is 35.4 Å². The van der Waals surface area contributed by atoms with Gasteiger partial charge >= 0.3 is 0 Å². The van der Waals surface area contributed by atoms with Gasteiger partial charge in [0.15, 0.2) is 0 Å². The van der Waals surface area contributed by atoms with E-state index in [1.165, 1.54) is 6.07 Å². The van der Waals surface area contributed by atoms with Gasteiger partial charge in [0.05, 0.1) is 5.92 Å². The van der Waals surface area contributed by atoms with Crippen LogP contribution in [0.1, 0.15) is 16.8 Å². The first-order chi connectivity index (χ1) is 10.1. The number of nitrogens with one attached hydrogen (secondary N) is 3. The zero-order valence-corrected chi connectivity index (χ0v) is 12.6. The number of carbonyl (C=O) groups excluding carboxylic acids is 2. The van der Waals surface area contributed by atoms with E-state index in [1.807, 2.05) is 0 Å². The van der Waals surface area contributed by atoms with Crippen molar-refractivity contribution >= 4 is 24.2 Å². The number of rotatable bonds is 5. The molecule has 1 atom stereocenters. The van der Waals surface area contributed by atoms with E-state index in [0.717, 1.165) is 25.1 Å². The van der Waals surface area contributed by atoms with Crippen LogP contribution in [0.25, 0.3) is 0 Å². The normalized spacial score (nSPS) is 16.7. The maximum Gasteiger partial charge on any atom is 0.257 e. The summed E-state index contributed by atoms with van der Waals surface area (Å²) < 4.78 is 26.7. The number of carbonyl (C=O) groups is 2. The second-order valence-corrected chi connectivity index (χ2v) is 4.83. The molecule has 1 aromatic carbocycles. The summed E-state index contributed by atoms with van der Waals surface area (Å²) in [5, 5.41) is 8.14. The minimum absolute atomic E-state index is 0. The van der Waals surface area contributed by atoms with Gasteiger partial charge in [0.2, 0.25) is 5.91 Å². The standard InChI is InChI=1S/C14H17F2N3O2.ClH/c15-10-2-1-3-11(16)12(10)14(21)19-7-6-18-13(20)9-4-5-17-8-9;/h1-3,9,17H,4-8H2,(H,18,20)(H,19,21);1H. The van der Waals surface area contributed by atoms with Gasteiger partial charge in [-0.2, -0.15) is 0 Å². The minimum atomic E-state index is -0.909. The van der Waals surface area contributed by atoms with E-state index >= 15 is 0 Å². The van der Waals surface area contributed by atoms with E-state index in [4.69, 9.17) is 0 Å². The summed E-state index contributed by atoms with van der Waals surface area (Å²) in [4.78, 5) is 23.4. The largest absolute Gasteiger partial charge is 0.354 e. The summed E-state index contributed by atoms with van der Waals surface area (Å²) in [6, 6.07) is 3.23. The van der Waals surface area contributed by atoms with Crippen LogP contribution in [0.2, 0.25) is 0 Å². The maximum absolute atomic E-state index is 13.4. The summed E-state index contributed by atoms with van der Waals surface area (Å²) in [5.41, 5.74) is -0.608. The van der Waals surface area contributed by atoms with Gasteiger partial charge in [-0.3, -0.25) is 9.59 Å². The van der Waals surface area contributed by atoms with E-state index in [2.05, 4.69) is 16.0 Å². The quantitative estimate of drug-likeness (QED) is 0.699. The van der Waals surface area contributed by atoms with Gasteiger partial charge in [0.25, 0.3) is 5.91 Å². The topological polar surface area (TPSA) is 70.2 Å². The molecule has 3 N–H and O–H groups in total. The molecule has 122 valence electrons. The molecular formula is C14H18ClF2N3O2. The summed E-state index contributed by atoms with van der Waals surface area (Å²) in [6.07, 6.45) is 0.790. The molecule has 1 fully saturated rings. The smallest absolute Gasteiger partial charge is 0.257 e. The zero-order chi connectivity index (χ0) is 15.2. The first-order valence-corrected chi connectivity index (χ1v) is 6.80. The van der Waals surface area contributed by atoms with Crippen LogP contribution in [-0.4, -0.2) is 38.0 Å². The van der Waals surface area contributed by atoms with Gasteiger partial charge in [-0.1, -0.05) is 6.07 Å². The highest BCUT2D eigenvalue weighted by molar-refractivity contribution is 5.94. The highest BCUT2D eigenvalue weighted by Gasteiger charge is 2.22. The number of hydrogen-bond donors (Lipinski definition) is 3. The first kappa shape index (κ1) is 18.3. The Balaban J connectivity index is 0.00000242. The summed E-state index contributed by atoms with van der Waals surface area (Å²) in [6.45, 7) is 1.80. The predicted octanol–water partition coefficient (Wildman–Crippen LogP) is 0.842. The molecule has 0 aromatic heterocycles. The predicted molar refractivity (Wildman–Crippen MR) is 79.9 cm³/mol. The van der Waals surface area contributed by atoms with E-state index < -0.39 is 23.1 Å². The average molecular weight is 334 g/mol. The van der Waals surface area contributed by atoms with Gasteiger partial charge in [-0.15, -0.1) is 12.4 Å². The van der Waals surface area contributed by atoms with Crippen molar-refractivity contribution in [1.82, 2.24) is 16.0 Å². The minimum Gasteiger partial charge on any atom is -0.354 e. The SMILES string of the molecule is Cl.O=C(NCCNC(=O)C1CCNC1)c1c(F)cccc1F. The number of hydrogen-bond acceptors (Lipinski definition) is 3. The van der Waals surface area contributed by atoms with Crippen molar-refractivity contribution < 1.29 is 18.4 Å². The summed E-state index contributed by atoms with van der Waals surface area (Å²) in [7, 11) is 0.